The lowest BCUT2D eigenvalue weighted by atomic mass is 9.81. The zero-order valence-electron chi connectivity index (χ0n) is 19.2. The lowest BCUT2D eigenvalue weighted by Crippen LogP contribution is -2.23. The molecule has 0 bridgehead atoms. The summed E-state index contributed by atoms with van der Waals surface area (Å²) in [5.74, 6) is -1.16. The zero-order chi connectivity index (χ0) is 25.1. The number of amides is 1. The highest BCUT2D eigenvalue weighted by Gasteiger charge is 2.32. The van der Waals surface area contributed by atoms with Crippen LogP contribution in [0.5, 0.6) is 0 Å². The minimum atomic E-state index is -0.378. The summed E-state index contributed by atoms with van der Waals surface area (Å²) in [7, 11) is 0. The van der Waals surface area contributed by atoms with Crippen molar-refractivity contribution in [1.82, 2.24) is 5.32 Å². The monoisotopic (exact) mass is 471 g/mol. The van der Waals surface area contributed by atoms with Gasteiger partial charge in [-0.1, -0.05) is 91.0 Å². The standard InChI is InChI=1S/C31H21NO4/c33-27(25-11-6-12-26-28(25)30(35)24-10-5-4-9-23(24)29(26)34)18-15-20-13-16-22(17-14-20)31(36)32-19-21-7-2-1-3-8-21/h1-18H,19H2,(H,32,36)/b18-15+. The van der Waals surface area contributed by atoms with Gasteiger partial charge in [0.1, 0.15) is 0 Å². The van der Waals surface area contributed by atoms with Gasteiger partial charge in [0.05, 0.1) is 0 Å². The number of fused-ring (bicyclic) bond motifs is 2. The lowest BCUT2D eigenvalue weighted by Gasteiger charge is -2.19. The molecule has 0 saturated heterocycles. The number of allylic oxidation sites excluding steroid dienone is 1. The molecule has 0 atom stereocenters. The molecule has 5 heteroatoms. The van der Waals surface area contributed by atoms with E-state index in [2.05, 4.69) is 5.32 Å². The summed E-state index contributed by atoms with van der Waals surface area (Å²) >= 11 is 0. The van der Waals surface area contributed by atoms with Gasteiger partial charge in [-0.3, -0.25) is 19.2 Å². The van der Waals surface area contributed by atoms with Crippen LogP contribution in [0.2, 0.25) is 0 Å². The topological polar surface area (TPSA) is 80.3 Å². The molecule has 4 aromatic rings. The number of hydrogen-bond acceptors (Lipinski definition) is 4. The minimum absolute atomic E-state index is 0.140. The maximum Gasteiger partial charge on any atom is 0.251 e. The fraction of sp³-hybridized carbons (Fsp3) is 0.0323. The van der Waals surface area contributed by atoms with Gasteiger partial charge in [0.25, 0.3) is 5.91 Å². The number of benzene rings is 4. The van der Waals surface area contributed by atoms with Crippen LogP contribution in [-0.4, -0.2) is 23.3 Å². The summed E-state index contributed by atoms with van der Waals surface area (Å²) in [6.07, 6.45) is 2.99. The van der Waals surface area contributed by atoms with Crippen LogP contribution in [0.25, 0.3) is 6.08 Å². The Morgan fingerprint density at radius 3 is 2.03 bits per heavy atom. The molecule has 4 aromatic carbocycles. The van der Waals surface area contributed by atoms with Crippen molar-refractivity contribution in [3.63, 3.8) is 0 Å². The molecule has 1 aliphatic carbocycles. The molecule has 0 unspecified atom stereocenters. The molecule has 0 aromatic heterocycles. The zero-order valence-corrected chi connectivity index (χ0v) is 19.2. The quantitative estimate of drug-likeness (QED) is 0.270. The summed E-state index contributed by atoms with van der Waals surface area (Å²) in [6.45, 7) is 0.433. The van der Waals surface area contributed by atoms with Gasteiger partial charge in [-0.25, -0.2) is 0 Å². The molecule has 0 fully saturated rings. The van der Waals surface area contributed by atoms with Crippen LogP contribution in [0.1, 0.15) is 63.7 Å². The Morgan fingerprint density at radius 2 is 1.31 bits per heavy atom. The van der Waals surface area contributed by atoms with E-state index in [-0.39, 0.29) is 39.9 Å². The van der Waals surface area contributed by atoms with Crippen LogP contribution >= 0.6 is 0 Å². The van der Waals surface area contributed by atoms with Crippen LogP contribution in [0.15, 0.2) is 103 Å². The van der Waals surface area contributed by atoms with E-state index >= 15 is 0 Å². The number of carbonyl (C=O) groups is 4. The van der Waals surface area contributed by atoms with Crippen LogP contribution in [-0.2, 0) is 6.54 Å². The van der Waals surface area contributed by atoms with Crippen molar-refractivity contribution in [2.45, 2.75) is 6.54 Å². The molecular weight excluding hydrogens is 450 g/mol. The predicted molar refractivity (Wildman–Crippen MR) is 137 cm³/mol. The fourth-order valence-electron chi connectivity index (χ4n) is 4.24. The summed E-state index contributed by atoms with van der Waals surface area (Å²) in [5.41, 5.74) is 3.47. The molecule has 1 amide bonds. The third-order valence-electron chi connectivity index (χ3n) is 6.11. The first-order valence-electron chi connectivity index (χ1n) is 11.5. The maximum absolute atomic E-state index is 13.1. The average Bonchev–Trinajstić information content (AvgIpc) is 2.93. The third kappa shape index (κ3) is 4.42. The number of carbonyl (C=O) groups excluding carboxylic acids is 4. The van der Waals surface area contributed by atoms with E-state index in [1.165, 1.54) is 6.08 Å². The smallest absolute Gasteiger partial charge is 0.251 e. The van der Waals surface area contributed by atoms with E-state index in [0.717, 1.165) is 11.1 Å². The largest absolute Gasteiger partial charge is 0.348 e. The molecule has 5 rings (SSSR count). The molecule has 1 N–H and O–H groups in total. The molecule has 0 heterocycles. The second kappa shape index (κ2) is 9.76. The van der Waals surface area contributed by atoms with Crippen molar-refractivity contribution in [3.05, 3.63) is 148 Å². The highest BCUT2D eigenvalue weighted by Crippen LogP contribution is 2.30. The summed E-state index contributed by atoms with van der Waals surface area (Å²) in [5, 5.41) is 2.88. The third-order valence-corrected chi connectivity index (χ3v) is 6.11. The van der Waals surface area contributed by atoms with Gasteiger partial charge in [0, 0.05) is 39.9 Å². The van der Waals surface area contributed by atoms with Crippen LogP contribution < -0.4 is 5.32 Å². The van der Waals surface area contributed by atoms with Crippen molar-refractivity contribution in [1.29, 1.82) is 0 Å². The predicted octanol–water partition coefficient (Wildman–Crippen LogP) is 5.29. The van der Waals surface area contributed by atoms with Crippen LogP contribution in [0.4, 0.5) is 0 Å². The minimum Gasteiger partial charge on any atom is -0.348 e. The number of rotatable bonds is 6. The van der Waals surface area contributed by atoms with Gasteiger partial charge in [-0.15, -0.1) is 0 Å². The fourth-order valence-corrected chi connectivity index (χ4v) is 4.24. The Hall–Kier alpha value is -4.90. The van der Waals surface area contributed by atoms with Gasteiger partial charge in [0.2, 0.25) is 0 Å². The molecular formula is C31H21NO4. The van der Waals surface area contributed by atoms with Crippen LogP contribution in [0.3, 0.4) is 0 Å². The normalized spacial score (nSPS) is 12.2. The van der Waals surface area contributed by atoms with Gasteiger partial charge >= 0.3 is 0 Å². The van der Waals surface area contributed by atoms with Gasteiger partial charge in [-0.2, -0.15) is 0 Å². The van der Waals surface area contributed by atoms with Crippen LogP contribution in [0, 0.1) is 0 Å². The van der Waals surface area contributed by atoms with Gasteiger partial charge in [0.15, 0.2) is 17.3 Å². The average molecular weight is 472 g/mol. The Bertz CT molecular complexity index is 1530. The highest BCUT2D eigenvalue weighted by molar-refractivity contribution is 6.31. The summed E-state index contributed by atoms with van der Waals surface area (Å²) < 4.78 is 0. The first-order chi connectivity index (χ1) is 17.5. The number of ketones is 3. The molecule has 1 aliphatic rings. The molecule has 0 radical (unpaired) electrons. The van der Waals surface area contributed by atoms with E-state index < -0.39 is 0 Å². The van der Waals surface area contributed by atoms with E-state index in [0.29, 0.717) is 23.2 Å². The van der Waals surface area contributed by atoms with Crippen molar-refractivity contribution in [2.24, 2.45) is 0 Å². The van der Waals surface area contributed by atoms with E-state index in [4.69, 9.17) is 0 Å². The first-order valence-corrected chi connectivity index (χ1v) is 11.5. The van der Waals surface area contributed by atoms with Crippen molar-refractivity contribution < 1.29 is 19.2 Å². The molecule has 0 aliphatic heterocycles. The summed E-state index contributed by atoms with van der Waals surface area (Å²) in [6, 6.07) is 27.9. The first kappa shape index (κ1) is 22.9. The Balaban J connectivity index is 1.31. The van der Waals surface area contributed by atoms with E-state index in [1.54, 1.807) is 72.8 Å². The van der Waals surface area contributed by atoms with Crippen molar-refractivity contribution in [2.75, 3.05) is 0 Å². The molecule has 0 spiro atoms. The Kier molecular flexibility index (Phi) is 6.20. The van der Waals surface area contributed by atoms with E-state index in [1.807, 2.05) is 30.3 Å². The molecule has 174 valence electrons. The SMILES string of the molecule is O=C(NCc1ccccc1)c1ccc(/C=C/C(=O)c2cccc3c2C(=O)c2ccccc2C3=O)cc1. The highest BCUT2D eigenvalue weighted by atomic mass is 16.2. The van der Waals surface area contributed by atoms with Crippen molar-refractivity contribution in [3.8, 4) is 0 Å². The molecule has 5 nitrogen and oxygen atoms in total. The van der Waals surface area contributed by atoms with Crippen molar-refractivity contribution >= 4 is 29.3 Å². The second-order valence-corrected chi connectivity index (χ2v) is 8.42. The van der Waals surface area contributed by atoms with Gasteiger partial charge < -0.3 is 5.32 Å². The Labute approximate surface area is 208 Å². The summed E-state index contributed by atoms with van der Waals surface area (Å²) in [4.78, 5) is 51.5. The van der Waals surface area contributed by atoms with E-state index in [9.17, 15) is 19.2 Å². The molecule has 0 saturated carbocycles. The molecule has 36 heavy (non-hydrogen) atoms. The number of hydrogen-bond donors (Lipinski definition) is 1. The Morgan fingerprint density at radius 1 is 0.667 bits per heavy atom. The number of nitrogens with one attached hydrogen (secondary N) is 1. The van der Waals surface area contributed by atoms with Gasteiger partial charge in [-0.05, 0) is 29.3 Å². The second-order valence-electron chi connectivity index (χ2n) is 8.42. The lowest BCUT2D eigenvalue weighted by molar-refractivity contribution is 0.0949. The maximum atomic E-state index is 13.1.